The Morgan fingerprint density at radius 2 is 2.28 bits per heavy atom. The Morgan fingerprint density at radius 3 is 3.00 bits per heavy atom. The van der Waals surface area contributed by atoms with Crippen molar-refractivity contribution in [3.05, 3.63) is 29.3 Å². The fourth-order valence-corrected chi connectivity index (χ4v) is 2.31. The van der Waals surface area contributed by atoms with Gasteiger partial charge in [0.05, 0.1) is 23.4 Å². The summed E-state index contributed by atoms with van der Waals surface area (Å²) in [5.74, 6) is -0.0998. The van der Waals surface area contributed by atoms with Gasteiger partial charge in [-0.1, -0.05) is 23.7 Å². The summed E-state index contributed by atoms with van der Waals surface area (Å²) in [5.41, 5.74) is 0.627. The Kier molecular flexibility index (Phi) is 4.58. The van der Waals surface area contributed by atoms with Crippen molar-refractivity contribution in [2.75, 3.05) is 25.0 Å². The van der Waals surface area contributed by atoms with Gasteiger partial charge < -0.3 is 10.4 Å². The van der Waals surface area contributed by atoms with E-state index >= 15 is 0 Å². The maximum atomic E-state index is 11.8. The molecule has 1 saturated heterocycles. The summed E-state index contributed by atoms with van der Waals surface area (Å²) in [6, 6.07) is 7.15. The number of amides is 1. The van der Waals surface area contributed by atoms with E-state index in [0.29, 0.717) is 23.8 Å². The van der Waals surface area contributed by atoms with Gasteiger partial charge >= 0.3 is 0 Å². The minimum absolute atomic E-state index is 0.0998. The topological polar surface area (TPSA) is 52.6 Å². The number of benzene rings is 1. The van der Waals surface area contributed by atoms with Crippen LogP contribution in [0, 0.1) is 0 Å². The third-order valence-corrected chi connectivity index (χ3v) is 3.33. The highest BCUT2D eigenvalue weighted by atomic mass is 35.5. The Labute approximate surface area is 112 Å². The highest BCUT2D eigenvalue weighted by Gasteiger charge is 2.19. The summed E-state index contributed by atoms with van der Waals surface area (Å²) in [6.07, 6.45) is 1.44. The second-order valence-electron chi connectivity index (χ2n) is 4.56. The molecule has 5 heteroatoms. The van der Waals surface area contributed by atoms with E-state index in [4.69, 9.17) is 11.6 Å². The molecule has 0 bridgehead atoms. The van der Waals surface area contributed by atoms with Gasteiger partial charge in [0.15, 0.2) is 0 Å². The average molecular weight is 269 g/mol. The average Bonchev–Trinajstić information content (AvgIpc) is 2.32. The number of β-amino-alcohol motifs (C(OH)–C–C–N with tert-alkyl or cyclic N) is 1. The molecule has 2 N–H and O–H groups in total. The van der Waals surface area contributed by atoms with E-state index in [2.05, 4.69) is 5.32 Å². The lowest BCUT2D eigenvalue weighted by Crippen LogP contribution is -2.42. The summed E-state index contributed by atoms with van der Waals surface area (Å²) in [6.45, 7) is 1.71. The second-order valence-corrected chi connectivity index (χ2v) is 4.97. The molecule has 1 heterocycles. The second kappa shape index (κ2) is 6.18. The van der Waals surface area contributed by atoms with Gasteiger partial charge in [-0.15, -0.1) is 0 Å². The Bertz CT molecular complexity index is 425. The van der Waals surface area contributed by atoms with Crippen molar-refractivity contribution in [3.63, 3.8) is 0 Å². The quantitative estimate of drug-likeness (QED) is 0.878. The number of hydrogen-bond donors (Lipinski definition) is 2. The molecule has 0 spiro atoms. The van der Waals surface area contributed by atoms with Crippen molar-refractivity contribution in [3.8, 4) is 0 Å². The van der Waals surface area contributed by atoms with Crippen LogP contribution in [-0.4, -0.2) is 41.7 Å². The number of anilines is 1. The SMILES string of the molecule is O=C(CN1CCCC(O)C1)Nc1ccccc1Cl. The maximum absolute atomic E-state index is 11.8. The number of halogens is 1. The highest BCUT2D eigenvalue weighted by Crippen LogP contribution is 2.20. The largest absolute Gasteiger partial charge is 0.392 e. The van der Waals surface area contributed by atoms with E-state index in [-0.39, 0.29) is 12.0 Å². The number of carbonyl (C=O) groups excluding carboxylic acids is 1. The molecule has 4 nitrogen and oxygen atoms in total. The number of piperidine rings is 1. The van der Waals surface area contributed by atoms with Crippen molar-refractivity contribution in [2.45, 2.75) is 18.9 Å². The monoisotopic (exact) mass is 268 g/mol. The van der Waals surface area contributed by atoms with Gasteiger partial charge in [-0.3, -0.25) is 9.69 Å². The third-order valence-electron chi connectivity index (χ3n) is 3.00. The first kappa shape index (κ1) is 13.3. The van der Waals surface area contributed by atoms with Crippen LogP contribution < -0.4 is 5.32 Å². The van der Waals surface area contributed by atoms with Gasteiger partial charge in [0.1, 0.15) is 0 Å². The van der Waals surface area contributed by atoms with Crippen LogP contribution in [0.15, 0.2) is 24.3 Å². The first-order valence-electron chi connectivity index (χ1n) is 6.10. The van der Waals surface area contributed by atoms with Crippen LogP contribution in [0.1, 0.15) is 12.8 Å². The van der Waals surface area contributed by atoms with Crippen LogP contribution in [0.5, 0.6) is 0 Å². The zero-order valence-corrected chi connectivity index (χ0v) is 10.9. The molecule has 1 atom stereocenters. The lowest BCUT2D eigenvalue weighted by Gasteiger charge is -2.29. The summed E-state index contributed by atoms with van der Waals surface area (Å²) < 4.78 is 0. The van der Waals surface area contributed by atoms with Gasteiger partial charge in [0.2, 0.25) is 5.91 Å². The fraction of sp³-hybridized carbons (Fsp3) is 0.462. The number of likely N-dealkylation sites (tertiary alicyclic amines) is 1. The van der Waals surface area contributed by atoms with Gasteiger partial charge in [-0.2, -0.15) is 0 Å². The number of hydrogen-bond acceptors (Lipinski definition) is 3. The zero-order valence-electron chi connectivity index (χ0n) is 10.1. The zero-order chi connectivity index (χ0) is 13.0. The van der Waals surface area contributed by atoms with E-state index in [1.54, 1.807) is 12.1 Å². The Morgan fingerprint density at radius 1 is 1.50 bits per heavy atom. The lowest BCUT2D eigenvalue weighted by molar-refractivity contribution is -0.118. The van der Waals surface area contributed by atoms with Crippen molar-refractivity contribution in [1.29, 1.82) is 0 Å². The first-order valence-corrected chi connectivity index (χ1v) is 6.48. The molecule has 1 aromatic rings. The molecular formula is C13H17ClN2O2. The molecular weight excluding hydrogens is 252 g/mol. The first-order chi connectivity index (χ1) is 8.65. The highest BCUT2D eigenvalue weighted by molar-refractivity contribution is 6.33. The van der Waals surface area contributed by atoms with Crippen molar-refractivity contribution >= 4 is 23.2 Å². The van der Waals surface area contributed by atoms with Gasteiger partial charge in [0, 0.05) is 6.54 Å². The van der Waals surface area contributed by atoms with E-state index in [1.807, 2.05) is 17.0 Å². The summed E-state index contributed by atoms with van der Waals surface area (Å²) in [7, 11) is 0. The van der Waals surface area contributed by atoms with Crippen molar-refractivity contribution in [2.24, 2.45) is 0 Å². The third kappa shape index (κ3) is 3.70. The molecule has 1 unspecified atom stereocenters. The molecule has 98 valence electrons. The Balaban J connectivity index is 1.87. The molecule has 0 radical (unpaired) electrons. The predicted molar refractivity (Wildman–Crippen MR) is 71.8 cm³/mol. The molecule has 0 saturated carbocycles. The number of aliphatic hydroxyl groups is 1. The van der Waals surface area contributed by atoms with Gasteiger partial charge in [-0.25, -0.2) is 0 Å². The van der Waals surface area contributed by atoms with Crippen molar-refractivity contribution in [1.82, 2.24) is 4.90 Å². The Hall–Kier alpha value is -1.10. The van der Waals surface area contributed by atoms with Gasteiger partial charge in [-0.05, 0) is 31.5 Å². The maximum Gasteiger partial charge on any atom is 0.238 e. The van der Waals surface area contributed by atoms with Gasteiger partial charge in [0.25, 0.3) is 0 Å². The molecule has 0 aromatic heterocycles. The molecule has 1 aliphatic rings. The van der Waals surface area contributed by atoms with Crippen LogP contribution in [0.4, 0.5) is 5.69 Å². The molecule has 0 aliphatic carbocycles. The molecule has 1 amide bonds. The fourth-order valence-electron chi connectivity index (χ4n) is 2.13. The smallest absolute Gasteiger partial charge is 0.238 e. The summed E-state index contributed by atoms with van der Waals surface area (Å²) >= 11 is 5.97. The molecule has 2 rings (SSSR count). The number of aliphatic hydroxyl groups excluding tert-OH is 1. The van der Waals surface area contributed by atoms with Crippen LogP contribution in [0.2, 0.25) is 5.02 Å². The number of nitrogens with one attached hydrogen (secondary N) is 1. The van der Waals surface area contributed by atoms with Crippen LogP contribution in [-0.2, 0) is 4.79 Å². The number of nitrogens with zero attached hydrogens (tertiary/aromatic N) is 1. The predicted octanol–water partition coefficient (Wildman–Crippen LogP) is 1.74. The summed E-state index contributed by atoms with van der Waals surface area (Å²) in [4.78, 5) is 13.8. The number of carbonyl (C=O) groups is 1. The van der Waals surface area contributed by atoms with Crippen LogP contribution in [0.3, 0.4) is 0 Å². The van der Waals surface area contributed by atoms with Crippen LogP contribution in [0.25, 0.3) is 0 Å². The molecule has 18 heavy (non-hydrogen) atoms. The minimum atomic E-state index is -0.313. The van der Waals surface area contributed by atoms with E-state index < -0.39 is 0 Å². The molecule has 1 fully saturated rings. The summed E-state index contributed by atoms with van der Waals surface area (Å²) in [5, 5.41) is 12.8. The normalized spacial score (nSPS) is 20.7. The minimum Gasteiger partial charge on any atom is -0.392 e. The number of para-hydroxylation sites is 1. The standard InChI is InChI=1S/C13H17ClN2O2/c14-11-5-1-2-6-12(11)15-13(18)9-16-7-3-4-10(17)8-16/h1-2,5-6,10,17H,3-4,7-9H2,(H,15,18). The molecule has 1 aromatic carbocycles. The van der Waals surface area contributed by atoms with E-state index in [9.17, 15) is 9.90 Å². The van der Waals surface area contributed by atoms with E-state index in [1.165, 1.54) is 0 Å². The van der Waals surface area contributed by atoms with Crippen molar-refractivity contribution < 1.29 is 9.90 Å². The van der Waals surface area contributed by atoms with E-state index in [0.717, 1.165) is 19.4 Å². The lowest BCUT2D eigenvalue weighted by atomic mass is 10.1. The van der Waals surface area contributed by atoms with Crippen LogP contribution >= 0.6 is 11.6 Å². The number of rotatable bonds is 3. The molecule has 1 aliphatic heterocycles.